The fraction of sp³-hybridized carbons (Fsp3) is 0.575. The first-order chi connectivity index (χ1) is 39.0. The van der Waals surface area contributed by atoms with Gasteiger partial charge in [-0.3, -0.25) is 14.4 Å². The summed E-state index contributed by atoms with van der Waals surface area (Å²) in [6.45, 7) is 6.29. The summed E-state index contributed by atoms with van der Waals surface area (Å²) in [6.07, 6.45) is 96.4. The molecule has 6 heteroatoms. The smallest absolute Gasteiger partial charge is 0.306 e. The second-order valence-electron chi connectivity index (χ2n) is 20.2. The Morgan fingerprint density at radius 2 is 0.494 bits per heavy atom. The van der Waals surface area contributed by atoms with Crippen LogP contribution in [0.4, 0.5) is 0 Å². The number of hydrogen-bond acceptors (Lipinski definition) is 6. The lowest BCUT2D eigenvalue weighted by molar-refractivity contribution is -0.167. The van der Waals surface area contributed by atoms with E-state index in [2.05, 4.69) is 191 Å². The highest BCUT2D eigenvalue weighted by Gasteiger charge is 2.19. The molecule has 0 aromatic rings. The van der Waals surface area contributed by atoms with Gasteiger partial charge in [0.25, 0.3) is 0 Å². The molecule has 0 aliphatic heterocycles. The van der Waals surface area contributed by atoms with Crippen LogP contribution in [0.25, 0.3) is 0 Å². The van der Waals surface area contributed by atoms with Crippen molar-refractivity contribution in [2.24, 2.45) is 0 Å². The molecule has 79 heavy (non-hydrogen) atoms. The third-order valence-electron chi connectivity index (χ3n) is 12.7. The monoisotopic (exact) mass is 1090 g/mol. The Labute approximate surface area is 485 Å². The molecule has 6 nitrogen and oxygen atoms in total. The standard InChI is InChI=1S/C73H114O6/c1-4-7-10-13-16-19-22-25-27-29-30-31-32-33-34-35-36-37-38-39-40-41-42-44-45-48-51-54-57-60-63-66-72(75)78-69-70(68-77-71(74)65-62-59-56-53-50-47-24-21-18-15-12-9-6-3)79-73(76)67-64-61-58-55-52-49-46-43-28-26-23-20-17-14-11-8-5-2/h7-8,10-12,15-17,19-21,24-28,30-31,33-34,36-37,39-40,42,44,48,51,70H,4-6,9,13-14,18,22-23,29,32,35,38,41,43,45-47,49-50,52-69H2,1-3H3/b10-7-,11-8-,15-12-,19-16-,20-17-,24-21-,27-25-,28-26-,31-30-,34-33-,37-36-,40-39-,44-42-,51-48-. The molecule has 0 aliphatic carbocycles. The Bertz CT molecular complexity index is 1820. The van der Waals surface area contributed by atoms with Crippen LogP contribution in [0.15, 0.2) is 170 Å². The van der Waals surface area contributed by atoms with Crippen LogP contribution in [-0.2, 0) is 28.6 Å². The van der Waals surface area contributed by atoms with Crippen LogP contribution < -0.4 is 0 Å². The summed E-state index contributed by atoms with van der Waals surface area (Å²) in [6, 6.07) is 0. The minimum absolute atomic E-state index is 0.107. The molecule has 1 unspecified atom stereocenters. The van der Waals surface area contributed by atoms with Gasteiger partial charge in [0.05, 0.1) is 0 Å². The Kier molecular flexibility index (Phi) is 61.0. The Morgan fingerprint density at radius 3 is 0.785 bits per heavy atom. The van der Waals surface area contributed by atoms with E-state index in [1.54, 1.807) is 0 Å². The van der Waals surface area contributed by atoms with Crippen molar-refractivity contribution in [2.45, 2.75) is 258 Å². The summed E-state index contributed by atoms with van der Waals surface area (Å²) in [5.74, 6) is -0.971. The van der Waals surface area contributed by atoms with E-state index in [1.165, 1.54) is 25.7 Å². The fourth-order valence-electron chi connectivity index (χ4n) is 8.02. The summed E-state index contributed by atoms with van der Waals surface area (Å²) >= 11 is 0. The molecule has 0 bridgehead atoms. The molecular formula is C73H114O6. The number of unbranched alkanes of at least 4 members (excludes halogenated alkanes) is 16. The third-order valence-corrected chi connectivity index (χ3v) is 12.7. The van der Waals surface area contributed by atoms with Crippen LogP contribution in [0.1, 0.15) is 252 Å². The average molecular weight is 1090 g/mol. The maximum absolute atomic E-state index is 12.9. The van der Waals surface area contributed by atoms with E-state index in [0.29, 0.717) is 19.3 Å². The molecule has 0 fully saturated rings. The minimum Gasteiger partial charge on any atom is -0.462 e. The second kappa shape index (κ2) is 65.3. The van der Waals surface area contributed by atoms with Crippen LogP contribution in [-0.4, -0.2) is 37.2 Å². The molecule has 0 spiro atoms. The minimum atomic E-state index is -0.813. The lowest BCUT2D eigenvalue weighted by Gasteiger charge is -2.18. The number of rotatable bonds is 55. The summed E-state index contributed by atoms with van der Waals surface area (Å²) in [7, 11) is 0. The third kappa shape index (κ3) is 63.5. The Hall–Kier alpha value is -5.23. The van der Waals surface area contributed by atoms with Crippen molar-refractivity contribution in [1.29, 1.82) is 0 Å². The van der Waals surface area contributed by atoms with Gasteiger partial charge in [-0.1, -0.05) is 255 Å². The van der Waals surface area contributed by atoms with Crippen molar-refractivity contribution in [3.63, 3.8) is 0 Å². The highest BCUT2D eigenvalue weighted by Crippen LogP contribution is 2.14. The summed E-state index contributed by atoms with van der Waals surface area (Å²) in [5, 5.41) is 0. The van der Waals surface area contributed by atoms with Gasteiger partial charge in [0, 0.05) is 19.3 Å². The lowest BCUT2D eigenvalue weighted by Crippen LogP contribution is -2.30. The van der Waals surface area contributed by atoms with Crippen LogP contribution in [0, 0.1) is 0 Å². The lowest BCUT2D eigenvalue weighted by atomic mass is 10.1. The number of allylic oxidation sites excluding steroid dienone is 28. The Balaban J connectivity index is 4.42. The fourth-order valence-corrected chi connectivity index (χ4v) is 8.02. The predicted octanol–water partition coefficient (Wildman–Crippen LogP) is 21.9. The van der Waals surface area contributed by atoms with Crippen molar-refractivity contribution < 1.29 is 28.6 Å². The maximum Gasteiger partial charge on any atom is 0.306 e. The van der Waals surface area contributed by atoms with Crippen molar-refractivity contribution >= 4 is 17.9 Å². The van der Waals surface area contributed by atoms with Gasteiger partial charge < -0.3 is 14.2 Å². The van der Waals surface area contributed by atoms with E-state index < -0.39 is 6.10 Å². The topological polar surface area (TPSA) is 78.9 Å². The first-order valence-electron chi connectivity index (χ1n) is 31.6. The van der Waals surface area contributed by atoms with Crippen molar-refractivity contribution in [3.8, 4) is 0 Å². The van der Waals surface area contributed by atoms with E-state index in [-0.39, 0.29) is 31.1 Å². The Morgan fingerprint density at radius 1 is 0.266 bits per heavy atom. The number of carbonyl (C=O) groups is 3. The first kappa shape index (κ1) is 73.8. The number of carbonyl (C=O) groups excluding carboxylic acids is 3. The molecular weight excluding hydrogens is 973 g/mol. The molecule has 0 N–H and O–H groups in total. The zero-order valence-corrected chi connectivity index (χ0v) is 50.6. The van der Waals surface area contributed by atoms with Crippen LogP contribution in [0.3, 0.4) is 0 Å². The molecule has 0 aliphatic rings. The zero-order chi connectivity index (χ0) is 57.1. The largest absolute Gasteiger partial charge is 0.462 e. The van der Waals surface area contributed by atoms with Crippen LogP contribution >= 0.6 is 0 Å². The molecule has 0 saturated heterocycles. The van der Waals surface area contributed by atoms with Crippen molar-refractivity contribution in [1.82, 2.24) is 0 Å². The van der Waals surface area contributed by atoms with Gasteiger partial charge >= 0.3 is 17.9 Å². The van der Waals surface area contributed by atoms with E-state index in [0.717, 1.165) is 186 Å². The summed E-state index contributed by atoms with van der Waals surface area (Å²) in [4.78, 5) is 38.3. The van der Waals surface area contributed by atoms with Crippen LogP contribution in [0.2, 0.25) is 0 Å². The zero-order valence-electron chi connectivity index (χ0n) is 50.6. The van der Waals surface area contributed by atoms with Gasteiger partial charge in [0.1, 0.15) is 13.2 Å². The van der Waals surface area contributed by atoms with Gasteiger partial charge in [-0.25, -0.2) is 0 Å². The van der Waals surface area contributed by atoms with E-state index in [1.807, 2.05) is 0 Å². The van der Waals surface area contributed by atoms with Gasteiger partial charge in [-0.2, -0.15) is 0 Å². The van der Waals surface area contributed by atoms with Gasteiger partial charge in [0.15, 0.2) is 6.10 Å². The van der Waals surface area contributed by atoms with Crippen molar-refractivity contribution in [3.05, 3.63) is 170 Å². The van der Waals surface area contributed by atoms with Gasteiger partial charge in [-0.05, 0) is 148 Å². The molecule has 442 valence electrons. The van der Waals surface area contributed by atoms with Gasteiger partial charge in [-0.15, -0.1) is 0 Å². The number of hydrogen-bond donors (Lipinski definition) is 0. The van der Waals surface area contributed by atoms with Gasteiger partial charge in [0.2, 0.25) is 0 Å². The van der Waals surface area contributed by atoms with E-state index >= 15 is 0 Å². The van der Waals surface area contributed by atoms with E-state index in [4.69, 9.17) is 14.2 Å². The maximum atomic E-state index is 12.9. The number of ether oxygens (including phenoxy) is 3. The molecule has 0 saturated carbocycles. The average Bonchev–Trinajstić information content (AvgIpc) is 3.45. The van der Waals surface area contributed by atoms with E-state index in [9.17, 15) is 14.4 Å². The molecule has 0 amide bonds. The molecule has 0 radical (unpaired) electrons. The molecule has 0 heterocycles. The molecule has 1 atom stereocenters. The molecule has 0 aromatic heterocycles. The highest BCUT2D eigenvalue weighted by atomic mass is 16.6. The number of esters is 3. The SMILES string of the molecule is CC/C=C\C/C=C\C/C=C\C/C=C\C/C=C\C/C=C\C/C=C\C/C=C\C/C=C\CCCCCC(=O)OCC(COC(=O)CCCCCCC/C=C\C/C=C\CCC)OC(=O)CCCCCCCCC/C=C\C/C=C\C/C=C\CC. The first-order valence-corrected chi connectivity index (χ1v) is 31.6. The summed E-state index contributed by atoms with van der Waals surface area (Å²) in [5.41, 5.74) is 0. The predicted molar refractivity (Wildman–Crippen MR) is 343 cm³/mol. The quantitative estimate of drug-likeness (QED) is 0.0261. The van der Waals surface area contributed by atoms with Crippen LogP contribution in [0.5, 0.6) is 0 Å². The normalized spacial score (nSPS) is 13.3. The highest BCUT2D eigenvalue weighted by molar-refractivity contribution is 5.71. The second-order valence-corrected chi connectivity index (χ2v) is 20.2. The molecule has 0 rings (SSSR count). The molecule has 0 aromatic carbocycles. The van der Waals surface area contributed by atoms with Crippen molar-refractivity contribution in [2.75, 3.05) is 13.2 Å². The summed E-state index contributed by atoms with van der Waals surface area (Å²) < 4.78 is 16.8.